The summed E-state index contributed by atoms with van der Waals surface area (Å²) in [6.45, 7) is 11.3. The van der Waals surface area contributed by atoms with Gasteiger partial charge in [0.15, 0.2) is 5.82 Å². The van der Waals surface area contributed by atoms with E-state index < -0.39 is 6.04 Å². The molecule has 372 valence electrons. The van der Waals surface area contributed by atoms with Gasteiger partial charge in [0.25, 0.3) is 5.91 Å². The number of thiophene rings is 1. The second-order valence-electron chi connectivity index (χ2n) is 16.9. The Kier molecular flexibility index (Phi) is 17.2. The minimum atomic E-state index is -0.581. The number of aryl methyl sites for hydroxylation is 2. The molecule has 0 aliphatic carbocycles. The van der Waals surface area contributed by atoms with E-state index in [1.54, 1.807) is 40.5 Å². The number of hydrogen-bond donors (Lipinski definition) is 3. The van der Waals surface area contributed by atoms with Gasteiger partial charge in [-0.05, 0) is 98.1 Å². The Morgan fingerprint density at radius 1 is 0.859 bits per heavy atom. The highest BCUT2D eigenvalue weighted by Gasteiger charge is 2.33. The summed E-state index contributed by atoms with van der Waals surface area (Å²) < 4.78 is 30.5. The van der Waals surface area contributed by atoms with Gasteiger partial charge in [-0.25, -0.2) is 4.98 Å². The number of fused-ring (bicyclic) bond motifs is 4. The number of aromatic nitrogens is 4. The number of benzene rings is 3. The summed E-state index contributed by atoms with van der Waals surface area (Å²) in [6.07, 6.45) is 0.366. The average Bonchev–Trinajstić information content (AvgIpc) is 4.01. The van der Waals surface area contributed by atoms with E-state index in [0.717, 1.165) is 50.0 Å². The number of carbonyl (C=O) groups is 3. The van der Waals surface area contributed by atoms with Gasteiger partial charge in [-0.2, -0.15) is 13.5 Å². The number of halogens is 1. The fourth-order valence-corrected chi connectivity index (χ4v) is 9.77. The number of nitrogens with zero attached hydrogens (tertiary/aromatic N) is 6. The van der Waals surface area contributed by atoms with Gasteiger partial charge in [-0.1, -0.05) is 29.8 Å². The fraction of sp³-hybridized carbons (Fsp3) is 0.353. The minimum absolute atomic E-state index is 0. The zero-order chi connectivity index (χ0) is 48.6. The zero-order valence-corrected chi connectivity index (χ0v) is 42.3. The van der Waals surface area contributed by atoms with Crippen LogP contribution in [0.5, 0.6) is 5.75 Å². The number of aliphatic imine (C=N–C) groups is 1. The van der Waals surface area contributed by atoms with Crippen LogP contribution in [0.15, 0.2) is 83.9 Å². The average molecular weight is 1020 g/mol. The fourth-order valence-electron chi connectivity index (χ4n) is 8.43. The second-order valence-corrected chi connectivity index (χ2v) is 18.5. The molecule has 3 aromatic heterocycles. The minimum Gasteiger partial charge on any atom is -0.491 e. The van der Waals surface area contributed by atoms with E-state index in [2.05, 4.69) is 40.0 Å². The van der Waals surface area contributed by atoms with Gasteiger partial charge in [-0.3, -0.25) is 23.9 Å². The number of amides is 3. The SMILES string of the molecule is Cc1sc2c(c1C)C(c1ccc(Cl)cc1)=N[C@@H](CC(=O)Nc1ccc(OCCOCCOCCOCCNc3ccc(-c4ccc5c(c4)CC(=O)N5)c(C(=O)N4CCOCC4)n3)cc1)c1nnc(C)n1-2.S. The summed E-state index contributed by atoms with van der Waals surface area (Å²) in [4.78, 5) is 52.1. The summed E-state index contributed by atoms with van der Waals surface area (Å²) in [7, 11) is 0. The number of anilines is 3. The van der Waals surface area contributed by atoms with Crippen molar-refractivity contribution in [2.45, 2.75) is 39.7 Å². The third-order valence-electron chi connectivity index (χ3n) is 12.1. The summed E-state index contributed by atoms with van der Waals surface area (Å²) in [5.74, 6) is 2.14. The number of hydrogen-bond acceptors (Lipinski definition) is 14. The summed E-state index contributed by atoms with van der Waals surface area (Å²) in [5.41, 5.74) is 8.04. The Bertz CT molecular complexity index is 2890. The van der Waals surface area contributed by atoms with Crippen LogP contribution in [0.3, 0.4) is 0 Å². The molecule has 0 spiro atoms. The van der Waals surface area contributed by atoms with E-state index in [9.17, 15) is 14.4 Å². The molecule has 1 atom stereocenters. The van der Waals surface area contributed by atoms with E-state index in [4.69, 9.17) is 45.3 Å². The van der Waals surface area contributed by atoms with E-state index in [-0.39, 0.29) is 37.6 Å². The van der Waals surface area contributed by atoms with Crippen molar-refractivity contribution in [2.75, 3.05) is 95.0 Å². The van der Waals surface area contributed by atoms with Crippen molar-refractivity contribution >= 4 is 77.1 Å². The maximum Gasteiger partial charge on any atom is 0.273 e. The maximum atomic E-state index is 13.7. The third-order valence-corrected chi connectivity index (χ3v) is 13.5. The number of nitrogens with one attached hydrogen (secondary N) is 3. The molecule has 3 aliphatic rings. The molecule has 0 radical (unpaired) electrons. The Balaban J connectivity index is 0.00000676. The van der Waals surface area contributed by atoms with Gasteiger partial charge >= 0.3 is 0 Å². The molecule has 3 aliphatic heterocycles. The molecular formula is C51H56ClN9O8S2. The predicted molar refractivity (Wildman–Crippen MR) is 279 cm³/mol. The molecule has 9 rings (SSSR count). The van der Waals surface area contributed by atoms with Crippen LogP contribution in [0.25, 0.3) is 16.1 Å². The number of pyridine rings is 1. The Morgan fingerprint density at radius 2 is 1.56 bits per heavy atom. The number of morpholine rings is 1. The highest BCUT2D eigenvalue weighted by atomic mass is 35.5. The molecule has 3 amide bonds. The van der Waals surface area contributed by atoms with Gasteiger partial charge in [-0.15, -0.1) is 21.5 Å². The molecule has 0 saturated carbocycles. The van der Waals surface area contributed by atoms with Gasteiger partial charge in [0.05, 0.1) is 71.4 Å². The molecule has 20 heteroatoms. The molecule has 1 fully saturated rings. The number of carbonyl (C=O) groups excluding carboxylic acids is 3. The molecule has 3 N–H and O–H groups in total. The second kappa shape index (κ2) is 23.8. The van der Waals surface area contributed by atoms with Crippen molar-refractivity contribution in [3.8, 4) is 21.9 Å². The first-order valence-corrected chi connectivity index (χ1v) is 24.5. The monoisotopic (exact) mass is 1020 g/mol. The molecule has 3 aromatic carbocycles. The van der Waals surface area contributed by atoms with Gasteiger partial charge < -0.3 is 44.5 Å². The standard InChI is InChI=1S/C51H54ClN9O8S.H2S/c1-31-32(2)70-51-46(31)47(34-4-7-37(52)8-5-34)56-42(49-59-58-33(3)61(49)51)30-45(63)54-38-9-11-39(12-10-38)69-27-26-68-25-24-67-23-22-65-19-16-53-43-15-13-40(35-6-14-41-36(28-35)29-44(62)55-41)48(57-43)50(64)60-17-20-66-21-18-60;/h4-15,28,42H,16-27,29-30H2,1-3H3,(H,53,57)(H,54,63)(H,55,62);1H2/t42-;/m0./s1. The highest BCUT2D eigenvalue weighted by molar-refractivity contribution is 7.59. The van der Waals surface area contributed by atoms with Crippen LogP contribution >= 0.6 is 36.4 Å². The quantitative estimate of drug-likeness (QED) is 0.0639. The normalized spacial score (nSPS) is 14.9. The summed E-state index contributed by atoms with van der Waals surface area (Å²) in [6, 6.07) is 23.7. The lowest BCUT2D eigenvalue weighted by molar-refractivity contribution is -0.117. The lowest BCUT2D eigenvalue weighted by Crippen LogP contribution is -2.41. The van der Waals surface area contributed by atoms with E-state index in [1.807, 2.05) is 66.1 Å². The first kappa shape index (κ1) is 51.2. The van der Waals surface area contributed by atoms with Crippen LogP contribution in [0.2, 0.25) is 5.02 Å². The van der Waals surface area contributed by atoms with Crippen LogP contribution in [0, 0.1) is 20.8 Å². The van der Waals surface area contributed by atoms with Gasteiger partial charge in [0.2, 0.25) is 11.8 Å². The number of ether oxygens (including phenoxy) is 5. The van der Waals surface area contributed by atoms with E-state index >= 15 is 0 Å². The topological polar surface area (TPSA) is 193 Å². The van der Waals surface area contributed by atoms with Crippen LogP contribution < -0.4 is 20.7 Å². The van der Waals surface area contributed by atoms with Crippen LogP contribution in [-0.2, 0) is 35.0 Å². The molecule has 0 bridgehead atoms. The van der Waals surface area contributed by atoms with Crippen LogP contribution in [-0.4, -0.2) is 127 Å². The molecular weight excluding hydrogens is 966 g/mol. The number of rotatable bonds is 20. The molecule has 71 heavy (non-hydrogen) atoms. The molecule has 6 aromatic rings. The largest absolute Gasteiger partial charge is 0.491 e. The third kappa shape index (κ3) is 12.3. The van der Waals surface area contributed by atoms with Crippen molar-refractivity contribution in [1.29, 1.82) is 0 Å². The van der Waals surface area contributed by atoms with Gasteiger partial charge in [0, 0.05) is 57.6 Å². The lowest BCUT2D eigenvalue weighted by atomic mass is 9.99. The van der Waals surface area contributed by atoms with Crippen molar-refractivity contribution in [3.63, 3.8) is 0 Å². The van der Waals surface area contributed by atoms with Crippen LogP contribution in [0.1, 0.15) is 61.7 Å². The predicted octanol–water partition coefficient (Wildman–Crippen LogP) is 7.51. The molecule has 17 nitrogen and oxygen atoms in total. The highest BCUT2D eigenvalue weighted by Crippen LogP contribution is 2.40. The molecule has 6 heterocycles. The Labute approximate surface area is 427 Å². The van der Waals surface area contributed by atoms with Crippen molar-refractivity contribution in [3.05, 3.63) is 128 Å². The lowest BCUT2D eigenvalue weighted by Gasteiger charge is -2.27. The van der Waals surface area contributed by atoms with Gasteiger partial charge in [0.1, 0.15) is 40.7 Å². The Morgan fingerprint density at radius 3 is 2.31 bits per heavy atom. The molecule has 0 unspecified atom stereocenters. The summed E-state index contributed by atoms with van der Waals surface area (Å²) in [5, 5.41) is 19.7. The van der Waals surface area contributed by atoms with Crippen molar-refractivity contribution < 1.29 is 38.1 Å². The smallest absolute Gasteiger partial charge is 0.273 e. The van der Waals surface area contributed by atoms with Crippen molar-refractivity contribution in [1.82, 2.24) is 24.6 Å². The Hall–Kier alpha value is -6.19. The molecule has 1 saturated heterocycles. The first-order chi connectivity index (χ1) is 34.1. The van der Waals surface area contributed by atoms with E-state index in [0.29, 0.717) is 125 Å². The first-order valence-electron chi connectivity index (χ1n) is 23.3. The van der Waals surface area contributed by atoms with Crippen molar-refractivity contribution in [2.24, 2.45) is 4.99 Å². The van der Waals surface area contributed by atoms with Crippen LogP contribution in [0.4, 0.5) is 17.2 Å². The summed E-state index contributed by atoms with van der Waals surface area (Å²) >= 11 is 7.92. The maximum absolute atomic E-state index is 13.7. The zero-order valence-electron chi connectivity index (χ0n) is 39.7. The van der Waals surface area contributed by atoms with E-state index in [1.165, 1.54) is 4.88 Å².